The number of nitrogens with zero attached hydrogens (tertiary/aromatic N) is 1. The van der Waals surface area contributed by atoms with Crippen molar-refractivity contribution in [2.45, 2.75) is 38.6 Å². The molecule has 1 heterocycles. The van der Waals surface area contributed by atoms with Gasteiger partial charge in [0.25, 0.3) is 0 Å². The Kier molecular flexibility index (Phi) is 5.67. The number of carbonyl (C=O) groups is 1. The summed E-state index contributed by atoms with van der Waals surface area (Å²) in [7, 11) is 0. The lowest BCUT2D eigenvalue weighted by molar-refractivity contribution is -0.149. The zero-order valence-corrected chi connectivity index (χ0v) is 16.3. The third-order valence-electron chi connectivity index (χ3n) is 6.39. The van der Waals surface area contributed by atoms with Crippen molar-refractivity contribution in [3.8, 4) is 5.75 Å². The lowest BCUT2D eigenvalue weighted by Crippen LogP contribution is -2.35. The molecule has 1 aliphatic carbocycles. The summed E-state index contributed by atoms with van der Waals surface area (Å²) in [6.07, 6.45) is 4.94. The van der Waals surface area contributed by atoms with E-state index >= 15 is 0 Å². The lowest BCUT2D eigenvalue weighted by Gasteiger charge is -2.23. The Labute approximate surface area is 167 Å². The summed E-state index contributed by atoms with van der Waals surface area (Å²) in [5.74, 6) is 0.605. The lowest BCUT2D eigenvalue weighted by atomic mass is 9.81. The fourth-order valence-corrected chi connectivity index (χ4v) is 4.97. The molecule has 0 amide bonds. The number of fused-ring (bicyclic) bond motifs is 1. The van der Waals surface area contributed by atoms with E-state index in [4.69, 9.17) is 4.74 Å². The highest BCUT2D eigenvalue weighted by Gasteiger charge is 2.54. The Morgan fingerprint density at radius 2 is 1.96 bits per heavy atom. The van der Waals surface area contributed by atoms with E-state index in [0.717, 1.165) is 50.9 Å². The Morgan fingerprint density at radius 1 is 1.14 bits per heavy atom. The number of carboxylic acids is 1. The number of aryl methyl sites for hydroxylation is 1. The predicted molar refractivity (Wildman–Crippen MR) is 109 cm³/mol. The maximum Gasteiger partial charge on any atom is 0.311 e. The minimum atomic E-state index is -0.604. The standard InChI is InChI=1S/C24H29NO3/c26-23(27)24-13-5-11-21(24)17-25(18-24)16-20-9-4-12-22(15-20)28-14-6-10-19-7-2-1-3-8-19/h1-4,7-9,12,15,21H,5-6,10-11,13-14,16-18H2,(H,26,27)/t21-,24+/m0/s1. The van der Waals surface area contributed by atoms with Crippen molar-refractivity contribution < 1.29 is 14.6 Å². The first-order valence-electron chi connectivity index (χ1n) is 10.4. The van der Waals surface area contributed by atoms with Crippen LogP contribution in [0.1, 0.15) is 36.8 Å². The van der Waals surface area contributed by atoms with E-state index in [0.29, 0.717) is 19.1 Å². The van der Waals surface area contributed by atoms with Crippen molar-refractivity contribution in [1.29, 1.82) is 0 Å². The van der Waals surface area contributed by atoms with Crippen molar-refractivity contribution in [2.24, 2.45) is 11.3 Å². The third kappa shape index (κ3) is 4.07. The maximum absolute atomic E-state index is 11.9. The molecule has 4 rings (SSSR count). The zero-order valence-electron chi connectivity index (χ0n) is 16.3. The highest BCUT2D eigenvalue weighted by molar-refractivity contribution is 5.76. The highest BCUT2D eigenvalue weighted by atomic mass is 16.5. The molecule has 0 bridgehead atoms. The van der Waals surface area contributed by atoms with Gasteiger partial charge in [-0.15, -0.1) is 0 Å². The molecule has 2 aromatic carbocycles. The Hall–Kier alpha value is -2.33. The summed E-state index contributed by atoms with van der Waals surface area (Å²) in [4.78, 5) is 14.2. The quantitative estimate of drug-likeness (QED) is 0.692. The van der Waals surface area contributed by atoms with Crippen molar-refractivity contribution >= 4 is 5.97 Å². The van der Waals surface area contributed by atoms with Gasteiger partial charge >= 0.3 is 5.97 Å². The first kappa shape index (κ1) is 19.0. The minimum Gasteiger partial charge on any atom is -0.494 e. The number of aliphatic carboxylic acids is 1. The molecule has 0 spiro atoms. The molecule has 4 heteroatoms. The maximum atomic E-state index is 11.9. The van der Waals surface area contributed by atoms with Crippen LogP contribution in [0.3, 0.4) is 0 Å². The van der Waals surface area contributed by atoms with E-state index in [-0.39, 0.29) is 0 Å². The summed E-state index contributed by atoms with van der Waals surface area (Å²) in [5.41, 5.74) is 2.03. The van der Waals surface area contributed by atoms with E-state index in [1.807, 2.05) is 18.2 Å². The molecule has 1 saturated carbocycles. The van der Waals surface area contributed by atoms with Crippen LogP contribution in [-0.4, -0.2) is 35.7 Å². The molecule has 0 unspecified atom stereocenters. The molecule has 2 atom stereocenters. The topological polar surface area (TPSA) is 49.8 Å². The normalized spacial score (nSPS) is 24.2. The van der Waals surface area contributed by atoms with Crippen LogP contribution < -0.4 is 4.74 Å². The molecule has 1 saturated heterocycles. The van der Waals surface area contributed by atoms with Crippen LogP contribution in [-0.2, 0) is 17.8 Å². The summed E-state index contributed by atoms with van der Waals surface area (Å²) < 4.78 is 5.95. The molecule has 1 N–H and O–H groups in total. The van der Waals surface area contributed by atoms with Gasteiger partial charge in [-0.2, -0.15) is 0 Å². The van der Waals surface area contributed by atoms with Gasteiger partial charge in [0.1, 0.15) is 5.75 Å². The van der Waals surface area contributed by atoms with Crippen LogP contribution in [0.25, 0.3) is 0 Å². The fraction of sp³-hybridized carbons (Fsp3) is 0.458. The number of benzene rings is 2. The molecule has 28 heavy (non-hydrogen) atoms. The van der Waals surface area contributed by atoms with Gasteiger partial charge in [0.2, 0.25) is 0 Å². The van der Waals surface area contributed by atoms with Crippen LogP contribution in [0, 0.1) is 11.3 Å². The number of rotatable bonds is 8. The SMILES string of the molecule is O=C(O)[C@@]12CCC[C@H]1CN(Cc1cccc(OCCCc3ccccc3)c1)C2. The van der Waals surface area contributed by atoms with Crippen molar-refractivity contribution in [1.82, 2.24) is 4.90 Å². The average Bonchev–Trinajstić information content (AvgIpc) is 3.25. The van der Waals surface area contributed by atoms with Gasteiger partial charge in [-0.25, -0.2) is 0 Å². The summed E-state index contributed by atoms with van der Waals surface area (Å²) in [6, 6.07) is 18.7. The van der Waals surface area contributed by atoms with Gasteiger partial charge in [0, 0.05) is 19.6 Å². The smallest absolute Gasteiger partial charge is 0.311 e. The number of likely N-dealkylation sites (tertiary alicyclic amines) is 1. The van der Waals surface area contributed by atoms with Gasteiger partial charge in [0.15, 0.2) is 0 Å². The Balaban J connectivity index is 1.29. The van der Waals surface area contributed by atoms with Crippen molar-refractivity contribution in [2.75, 3.05) is 19.7 Å². The van der Waals surface area contributed by atoms with Gasteiger partial charge in [-0.1, -0.05) is 48.9 Å². The van der Waals surface area contributed by atoms with Crippen LogP contribution in [0.2, 0.25) is 0 Å². The molecule has 4 nitrogen and oxygen atoms in total. The van der Waals surface area contributed by atoms with E-state index in [1.54, 1.807) is 0 Å². The minimum absolute atomic E-state index is 0.308. The van der Waals surface area contributed by atoms with Crippen LogP contribution in [0.15, 0.2) is 54.6 Å². The van der Waals surface area contributed by atoms with Crippen LogP contribution in [0.5, 0.6) is 5.75 Å². The Morgan fingerprint density at radius 3 is 2.75 bits per heavy atom. The number of carboxylic acid groups (broad SMARTS) is 1. The van der Waals surface area contributed by atoms with Gasteiger partial charge in [-0.05, 0) is 54.9 Å². The summed E-state index contributed by atoms with van der Waals surface area (Å²) >= 11 is 0. The molecular weight excluding hydrogens is 350 g/mol. The third-order valence-corrected chi connectivity index (χ3v) is 6.39. The largest absolute Gasteiger partial charge is 0.494 e. The molecule has 0 aromatic heterocycles. The van der Waals surface area contributed by atoms with Crippen LogP contribution >= 0.6 is 0 Å². The zero-order chi connectivity index (χ0) is 19.4. The van der Waals surface area contributed by atoms with Crippen molar-refractivity contribution in [3.05, 3.63) is 65.7 Å². The Bertz CT molecular complexity index is 807. The molecule has 1 aliphatic heterocycles. The molecule has 148 valence electrons. The molecule has 0 radical (unpaired) electrons. The van der Waals surface area contributed by atoms with E-state index in [1.165, 1.54) is 11.1 Å². The fourth-order valence-electron chi connectivity index (χ4n) is 4.97. The first-order chi connectivity index (χ1) is 13.7. The second-order valence-corrected chi connectivity index (χ2v) is 8.31. The second-order valence-electron chi connectivity index (χ2n) is 8.31. The van der Waals surface area contributed by atoms with Gasteiger partial charge in [0.05, 0.1) is 12.0 Å². The monoisotopic (exact) mass is 379 g/mol. The van der Waals surface area contributed by atoms with Crippen LogP contribution in [0.4, 0.5) is 0 Å². The molecule has 2 fully saturated rings. The summed E-state index contributed by atoms with van der Waals surface area (Å²) in [5, 5.41) is 9.76. The number of hydrogen-bond acceptors (Lipinski definition) is 3. The predicted octanol–water partition coefficient (Wildman–Crippen LogP) is 4.38. The molecular formula is C24H29NO3. The van der Waals surface area contributed by atoms with Crippen molar-refractivity contribution in [3.63, 3.8) is 0 Å². The first-order valence-corrected chi connectivity index (χ1v) is 10.4. The molecule has 2 aliphatic rings. The molecule has 2 aromatic rings. The van der Waals surface area contributed by atoms with Gasteiger partial charge < -0.3 is 9.84 Å². The average molecular weight is 380 g/mol. The van der Waals surface area contributed by atoms with Gasteiger partial charge in [-0.3, -0.25) is 9.69 Å². The highest BCUT2D eigenvalue weighted by Crippen LogP contribution is 2.49. The number of ether oxygens (including phenoxy) is 1. The summed E-state index contributed by atoms with van der Waals surface area (Å²) in [6.45, 7) is 3.07. The van der Waals surface area contributed by atoms with E-state index in [9.17, 15) is 9.90 Å². The van der Waals surface area contributed by atoms with E-state index < -0.39 is 11.4 Å². The second kappa shape index (κ2) is 8.36. The number of hydrogen-bond donors (Lipinski definition) is 1. The van der Waals surface area contributed by atoms with E-state index in [2.05, 4.69) is 41.3 Å².